The highest BCUT2D eigenvalue weighted by Crippen LogP contribution is 2.19. The minimum absolute atomic E-state index is 0.0911. The van der Waals surface area contributed by atoms with Gasteiger partial charge in [0.15, 0.2) is 0 Å². The number of hydrogen-bond acceptors (Lipinski definition) is 8. The summed E-state index contributed by atoms with van der Waals surface area (Å²) in [5.41, 5.74) is 0.114. The molecule has 0 saturated heterocycles. The summed E-state index contributed by atoms with van der Waals surface area (Å²) in [5, 5.41) is 11.0. The molecule has 0 aliphatic heterocycles. The number of aliphatic hydroxyl groups excluding tert-OH is 1. The number of ether oxygens (including phenoxy) is 2. The molecule has 0 spiro atoms. The van der Waals surface area contributed by atoms with E-state index in [4.69, 9.17) is 14.6 Å². The molecule has 2 aromatic rings. The molecule has 28 heavy (non-hydrogen) atoms. The first-order chi connectivity index (χ1) is 13.3. The number of anilines is 1. The Morgan fingerprint density at radius 2 is 1.82 bits per heavy atom. The van der Waals surface area contributed by atoms with Gasteiger partial charge in [0.1, 0.15) is 6.17 Å². The molecule has 3 N–H and O–H groups in total. The molecule has 10 nitrogen and oxygen atoms in total. The molecular weight excluding hydrogens is 395 g/mol. The number of nitrogens with one attached hydrogen (secondary N) is 2. The van der Waals surface area contributed by atoms with Crippen LogP contribution in [0.25, 0.3) is 0 Å². The Labute approximate surface area is 160 Å². The molecule has 1 atom stereocenters. The van der Waals surface area contributed by atoms with Crippen LogP contribution in [0.3, 0.4) is 0 Å². The molecule has 2 rings (SSSR count). The van der Waals surface area contributed by atoms with Gasteiger partial charge in [-0.25, -0.2) is 22.3 Å². The first kappa shape index (κ1) is 21.3. The monoisotopic (exact) mass is 414 g/mol. The maximum atomic E-state index is 13.5. The molecular formula is C16H19FN4O6S. The zero-order chi connectivity index (χ0) is 20.7. The van der Waals surface area contributed by atoms with Crippen molar-refractivity contribution in [2.75, 3.05) is 26.1 Å². The third-order valence-electron chi connectivity index (χ3n) is 3.45. The lowest BCUT2D eigenvalue weighted by atomic mass is 10.1. The summed E-state index contributed by atoms with van der Waals surface area (Å²) in [5.74, 6) is -0.0667. The van der Waals surface area contributed by atoms with Crippen LogP contribution in [0.15, 0.2) is 35.2 Å². The number of nitrogens with zero attached hydrogens (tertiary/aromatic N) is 2. The number of carbonyl (C=O) groups excluding carboxylic acids is 1. The number of alkyl halides is 1. The fourth-order valence-corrected chi connectivity index (χ4v) is 3.37. The third kappa shape index (κ3) is 5.50. The highest BCUT2D eigenvalue weighted by Gasteiger charge is 2.23. The van der Waals surface area contributed by atoms with E-state index in [-0.39, 0.29) is 34.6 Å². The topological polar surface area (TPSA) is 140 Å². The van der Waals surface area contributed by atoms with Crippen molar-refractivity contribution in [3.8, 4) is 11.8 Å². The Bertz CT molecular complexity index is 918. The van der Waals surface area contributed by atoms with Gasteiger partial charge in [-0.05, 0) is 11.6 Å². The van der Waals surface area contributed by atoms with Crippen LogP contribution in [0.2, 0.25) is 0 Å². The van der Waals surface area contributed by atoms with Crippen LogP contribution >= 0.6 is 0 Å². The summed E-state index contributed by atoms with van der Waals surface area (Å²) in [6.45, 7) is -0.753. The number of aromatic nitrogens is 2. The van der Waals surface area contributed by atoms with Gasteiger partial charge in [0.05, 0.1) is 31.8 Å². The lowest BCUT2D eigenvalue weighted by Crippen LogP contribution is -2.35. The van der Waals surface area contributed by atoms with Crippen LogP contribution in [-0.2, 0) is 16.4 Å². The van der Waals surface area contributed by atoms with E-state index in [9.17, 15) is 17.6 Å². The molecule has 12 heteroatoms. The second-order valence-corrected chi connectivity index (χ2v) is 7.08. The molecule has 1 unspecified atom stereocenters. The lowest BCUT2D eigenvalue weighted by molar-refractivity contribution is 0.177. The zero-order valence-corrected chi connectivity index (χ0v) is 15.9. The van der Waals surface area contributed by atoms with E-state index >= 15 is 0 Å². The summed E-state index contributed by atoms with van der Waals surface area (Å²) in [7, 11) is -1.63. The van der Waals surface area contributed by atoms with E-state index in [1.165, 1.54) is 44.6 Å². The van der Waals surface area contributed by atoms with Crippen molar-refractivity contribution in [1.29, 1.82) is 0 Å². The Hall–Kier alpha value is -2.99. The standard InChI is InChI=1S/C16H19FN4O6S/c1-26-13-8-14(27-2)19-15(18-13)20-16(23)21-28(24,25)12-6-4-3-5-10(12)7-11(17)9-22/h3-6,8,11,22H,7,9H2,1-2H3,(H2,18,19,20,21,23). The number of methoxy groups -OCH3 is 2. The Balaban J connectivity index is 2.20. The van der Waals surface area contributed by atoms with E-state index in [2.05, 4.69) is 15.3 Å². The quantitative estimate of drug-likeness (QED) is 0.578. The molecule has 0 fully saturated rings. The molecule has 152 valence electrons. The summed E-state index contributed by atoms with van der Waals surface area (Å²) in [4.78, 5) is 19.5. The predicted octanol–water partition coefficient (Wildman–Crippen LogP) is 0.877. The first-order valence-electron chi connectivity index (χ1n) is 7.92. The van der Waals surface area contributed by atoms with Gasteiger partial charge in [-0.2, -0.15) is 9.97 Å². The number of aliphatic hydroxyl groups is 1. The maximum Gasteiger partial charge on any atom is 0.335 e. The number of benzene rings is 1. The summed E-state index contributed by atoms with van der Waals surface area (Å²) in [6, 6.07) is 5.80. The van der Waals surface area contributed by atoms with E-state index in [1.54, 1.807) is 4.72 Å². The largest absolute Gasteiger partial charge is 0.481 e. The van der Waals surface area contributed by atoms with Crippen molar-refractivity contribution in [3.63, 3.8) is 0 Å². The Morgan fingerprint density at radius 1 is 1.21 bits per heavy atom. The van der Waals surface area contributed by atoms with Crippen molar-refractivity contribution >= 4 is 22.0 Å². The summed E-state index contributed by atoms with van der Waals surface area (Å²) in [6.07, 6.45) is -1.96. The number of rotatable bonds is 8. The lowest BCUT2D eigenvalue weighted by Gasteiger charge is -2.13. The summed E-state index contributed by atoms with van der Waals surface area (Å²) >= 11 is 0. The molecule has 1 aromatic carbocycles. The zero-order valence-electron chi connectivity index (χ0n) is 15.0. The van der Waals surface area contributed by atoms with E-state index < -0.39 is 28.8 Å². The van der Waals surface area contributed by atoms with Crippen molar-refractivity contribution in [1.82, 2.24) is 14.7 Å². The average Bonchev–Trinajstić information content (AvgIpc) is 2.67. The predicted molar refractivity (Wildman–Crippen MR) is 96.6 cm³/mol. The highest BCUT2D eigenvalue weighted by atomic mass is 32.2. The Kier molecular flexibility index (Phi) is 7.06. The molecule has 0 saturated carbocycles. The van der Waals surface area contributed by atoms with E-state index in [1.807, 2.05) is 0 Å². The van der Waals surface area contributed by atoms with Crippen LogP contribution in [0.5, 0.6) is 11.8 Å². The number of urea groups is 1. The van der Waals surface area contributed by atoms with Crippen LogP contribution in [0.1, 0.15) is 5.56 Å². The number of hydrogen-bond donors (Lipinski definition) is 3. The fourth-order valence-electron chi connectivity index (χ4n) is 2.21. The van der Waals surface area contributed by atoms with E-state index in [0.717, 1.165) is 0 Å². The molecule has 0 aliphatic rings. The van der Waals surface area contributed by atoms with Gasteiger partial charge in [-0.1, -0.05) is 18.2 Å². The van der Waals surface area contributed by atoms with Crippen LogP contribution < -0.4 is 19.5 Å². The number of carbonyl (C=O) groups is 1. The van der Waals surface area contributed by atoms with Gasteiger partial charge in [0, 0.05) is 6.42 Å². The molecule has 0 radical (unpaired) electrons. The van der Waals surface area contributed by atoms with E-state index in [0.29, 0.717) is 0 Å². The van der Waals surface area contributed by atoms with Crippen LogP contribution in [0.4, 0.5) is 15.1 Å². The Morgan fingerprint density at radius 3 is 2.39 bits per heavy atom. The minimum Gasteiger partial charge on any atom is -0.481 e. The normalized spacial score (nSPS) is 12.1. The van der Waals surface area contributed by atoms with Crippen molar-refractivity contribution in [2.45, 2.75) is 17.5 Å². The second kappa shape index (κ2) is 9.28. The average molecular weight is 414 g/mol. The van der Waals surface area contributed by atoms with Crippen molar-refractivity contribution < 1.29 is 32.2 Å². The highest BCUT2D eigenvalue weighted by molar-refractivity contribution is 7.90. The third-order valence-corrected chi connectivity index (χ3v) is 4.88. The van der Waals surface area contributed by atoms with Gasteiger partial charge in [0.2, 0.25) is 17.7 Å². The number of halogens is 1. The van der Waals surface area contributed by atoms with Gasteiger partial charge < -0.3 is 14.6 Å². The number of amides is 2. The van der Waals surface area contributed by atoms with Gasteiger partial charge >= 0.3 is 6.03 Å². The van der Waals surface area contributed by atoms with Gasteiger partial charge in [-0.15, -0.1) is 0 Å². The van der Waals surface area contributed by atoms with Crippen LogP contribution in [0, 0.1) is 0 Å². The molecule has 1 aromatic heterocycles. The molecule has 1 heterocycles. The minimum atomic E-state index is -4.32. The maximum absolute atomic E-state index is 13.5. The SMILES string of the molecule is COc1cc(OC)nc(NC(=O)NS(=O)(=O)c2ccccc2CC(F)CO)n1. The second-order valence-electron chi connectivity index (χ2n) is 5.43. The van der Waals surface area contributed by atoms with Crippen molar-refractivity contribution in [3.05, 3.63) is 35.9 Å². The fraction of sp³-hybridized carbons (Fsp3) is 0.312. The summed E-state index contributed by atoms with van der Waals surface area (Å²) < 4.78 is 50.2. The first-order valence-corrected chi connectivity index (χ1v) is 9.41. The smallest absolute Gasteiger partial charge is 0.335 e. The van der Waals surface area contributed by atoms with Crippen molar-refractivity contribution in [2.24, 2.45) is 0 Å². The van der Waals surface area contributed by atoms with Gasteiger partial charge in [-0.3, -0.25) is 5.32 Å². The van der Waals surface area contributed by atoms with Gasteiger partial charge in [0.25, 0.3) is 10.0 Å². The number of sulfonamides is 1. The molecule has 2 amide bonds. The molecule has 0 bridgehead atoms. The molecule has 0 aliphatic carbocycles. The van der Waals surface area contributed by atoms with Crippen LogP contribution in [-0.4, -0.2) is 56.5 Å².